The zero-order chi connectivity index (χ0) is 18.8. The number of nitrogens with zero attached hydrogens (tertiary/aromatic N) is 4. The minimum absolute atomic E-state index is 0.130. The Labute approximate surface area is 157 Å². The molecule has 0 saturated carbocycles. The number of pyridine rings is 1. The van der Waals surface area contributed by atoms with E-state index in [0.717, 1.165) is 27.2 Å². The zero-order valence-corrected chi connectivity index (χ0v) is 16.3. The van der Waals surface area contributed by atoms with Crippen LogP contribution in [0.2, 0.25) is 0 Å². The third kappa shape index (κ3) is 3.67. The Hall–Kier alpha value is -2.54. The van der Waals surface area contributed by atoms with E-state index < -0.39 is 0 Å². The summed E-state index contributed by atoms with van der Waals surface area (Å²) in [7, 11) is 0. The van der Waals surface area contributed by atoms with Crippen LogP contribution in [0.25, 0.3) is 21.6 Å². The van der Waals surface area contributed by atoms with Crippen molar-refractivity contribution in [1.82, 2.24) is 15.0 Å². The molecule has 0 spiro atoms. The van der Waals surface area contributed by atoms with Crippen molar-refractivity contribution in [3.63, 3.8) is 0 Å². The number of thiophene rings is 1. The van der Waals surface area contributed by atoms with Gasteiger partial charge in [-0.1, -0.05) is 13.8 Å². The first-order valence-corrected chi connectivity index (χ1v) is 9.39. The molecule has 0 radical (unpaired) electrons. The molecule has 0 aliphatic rings. The zero-order valence-electron chi connectivity index (χ0n) is 15.5. The Morgan fingerprint density at radius 1 is 1.31 bits per heavy atom. The molecule has 0 bridgehead atoms. The largest absolute Gasteiger partial charge is 0.368 e. The quantitative estimate of drug-likeness (QED) is 0.720. The molecule has 3 aromatic rings. The van der Waals surface area contributed by atoms with E-state index in [4.69, 9.17) is 15.7 Å². The van der Waals surface area contributed by atoms with Gasteiger partial charge >= 0.3 is 0 Å². The van der Waals surface area contributed by atoms with Crippen molar-refractivity contribution in [1.29, 1.82) is 0 Å². The maximum atomic E-state index is 11.7. The number of carbonyl (C=O) groups is 1. The minimum Gasteiger partial charge on any atom is -0.368 e. The maximum Gasteiger partial charge on any atom is 0.236 e. The summed E-state index contributed by atoms with van der Waals surface area (Å²) in [5.74, 6) is 1.37. The number of anilines is 1. The Morgan fingerprint density at radius 2 is 2.08 bits per heavy atom. The fourth-order valence-corrected chi connectivity index (χ4v) is 3.96. The summed E-state index contributed by atoms with van der Waals surface area (Å²) in [6, 6.07) is 3.80. The molecule has 0 aliphatic heterocycles. The van der Waals surface area contributed by atoms with E-state index in [9.17, 15) is 4.79 Å². The molecule has 3 heterocycles. The van der Waals surface area contributed by atoms with Gasteiger partial charge in [-0.05, 0) is 37.5 Å². The van der Waals surface area contributed by atoms with Crippen LogP contribution in [0.1, 0.15) is 24.3 Å². The summed E-state index contributed by atoms with van der Waals surface area (Å²) in [5, 5.41) is 1.00. The molecule has 6 nitrogen and oxygen atoms in total. The van der Waals surface area contributed by atoms with Gasteiger partial charge in [0, 0.05) is 29.4 Å². The topological polar surface area (TPSA) is 85.0 Å². The molecule has 3 rings (SSSR count). The Morgan fingerprint density at radius 3 is 2.69 bits per heavy atom. The highest BCUT2D eigenvalue weighted by Gasteiger charge is 2.21. The molecule has 7 heteroatoms. The fraction of sp³-hybridized carbons (Fsp3) is 0.368. The standard InChI is InChI=1S/C19H23N5OS/c1-11(2)9-24(10-15(20)25)18-16-12(3)13(4)26-19(16)23-17(22-18)14-6-5-7-21-8-14/h5-8,11H,9-10H2,1-4H3,(H2,20,25). The first kappa shape index (κ1) is 18.3. The molecule has 136 valence electrons. The van der Waals surface area contributed by atoms with Crippen LogP contribution < -0.4 is 10.6 Å². The molecule has 2 N–H and O–H groups in total. The van der Waals surface area contributed by atoms with Gasteiger partial charge in [0.15, 0.2) is 5.82 Å². The van der Waals surface area contributed by atoms with Crippen LogP contribution in [0.15, 0.2) is 24.5 Å². The summed E-state index contributed by atoms with van der Waals surface area (Å²) in [6.45, 7) is 9.19. The fourth-order valence-electron chi connectivity index (χ4n) is 2.94. The lowest BCUT2D eigenvalue weighted by Gasteiger charge is -2.25. The average molecular weight is 369 g/mol. The van der Waals surface area contributed by atoms with E-state index >= 15 is 0 Å². The predicted octanol–water partition coefficient (Wildman–Crippen LogP) is 3.32. The van der Waals surface area contributed by atoms with E-state index in [1.165, 1.54) is 4.88 Å². The van der Waals surface area contributed by atoms with Crippen molar-refractivity contribution in [2.75, 3.05) is 18.0 Å². The van der Waals surface area contributed by atoms with Gasteiger partial charge in [0.25, 0.3) is 0 Å². The van der Waals surface area contributed by atoms with Crippen LogP contribution in [0.5, 0.6) is 0 Å². The van der Waals surface area contributed by atoms with Gasteiger partial charge in [0.05, 0.1) is 11.9 Å². The predicted molar refractivity (Wildman–Crippen MR) is 106 cm³/mol. The van der Waals surface area contributed by atoms with Crippen molar-refractivity contribution in [2.24, 2.45) is 11.7 Å². The molecule has 3 aromatic heterocycles. The third-order valence-corrected chi connectivity index (χ3v) is 5.26. The summed E-state index contributed by atoms with van der Waals surface area (Å²) in [5.41, 5.74) is 7.51. The highest BCUT2D eigenvalue weighted by atomic mass is 32.1. The van der Waals surface area contributed by atoms with Crippen molar-refractivity contribution >= 4 is 33.3 Å². The molecular formula is C19H23N5OS. The van der Waals surface area contributed by atoms with Gasteiger partial charge in [-0.25, -0.2) is 9.97 Å². The molecule has 0 fully saturated rings. The highest BCUT2D eigenvalue weighted by Crippen LogP contribution is 2.36. The monoisotopic (exact) mass is 369 g/mol. The second-order valence-electron chi connectivity index (χ2n) is 6.82. The minimum atomic E-state index is -0.370. The van der Waals surface area contributed by atoms with Crippen molar-refractivity contribution in [3.05, 3.63) is 35.0 Å². The summed E-state index contributed by atoms with van der Waals surface area (Å²) in [4.78, 5) is 29.5. The van der Waals surface area contributed by atoms with Crippen molar-refractivity contribution in [3.8, 4) is 11.4 Å². The number of rotatable bonds is 6. The molecule has 0 aliphatic carbocycles. The number of hydrogen-bond acceptors (Lipinski definition) is 6. The van der Waals surface area contributed by atoms with Crippen molar-refractivity contribution < 1.29 is 4.79 Å². The van der Waals surface area contributed by atoms with E-state index in [0.29, 0.717) is 18.3 Å². The second kappa shape index (κ2) is 7.37. The number of nitrogens with two attached hydrogens (primary N) is 1. The number of primary amides is 1. The lowest BCUT2D eigenvalue weighted by Crippen LogP contribution is -2.37. The second-order valence-corrected chi connectivity index (χ2v) is 8.02. The number of aryl methyl sites for hydroxylation is 2. The van der Waals surface area contributed by atoms with E-state index in [1.807, 2.05) is 17.0 Å². The first-order valence-electron chi connectivity index (χ1n) is 8.58. The van der Waals surface area contributed by atoms with E-state index in [1.54, 1.807) is 23.7 Å². The number of fused-ring (bicyclic) bond motifs is 1. The smallest absolute Gasteiger partial charge is 0.236 e. The van der Waals surface area contributed by atoms with Crippen molar-refractivity contribution in [2.45, 2.75) is 27.7 Å². The Bertz CT molecular complexity index is 936. The van der Waals surface area contributed by atoms with Crippen LogP contribution in [0.3, 0.4) is 0 Å². The van der Waals surface area contributed by atoms with Gasteiger partial charge in [-0.15, -0.1) is 11.3 Å². The van der Waals surface area contributed by atoms with Crippen LogP contribution >= 0.6 is 11.3 Å². The molecular weight excluding hydrogens is 346 g/mol. The molecule has 0 unspecified atom stereocenters. The Balaban J connectivity index is 2.24. The summed E-state index contributed by atoms with van der Waals surface area (Å²) in [6.07, 6.45) is 3.47. The van der Waals surface area contributed by atoms with Crippen LogP contribution in [0.4, 0.5) is 5.82 Å². The van der Waals surface area contributed by atoms with E-state index in [-0.39, 0.29) is 12.5 Å². The summed E-state index contributed by atoms with van der Waals surface area (Å²) < 4.78 is 0. The molecule has 0 saturated heterocycles. The first-order chi connectivity index (χ1) is 12.4. The lowest BCUT2D eigenvalue weighted by molar-refractivity contribution is -0.116. The third-order valence-electron chi connectivity index (χ3n) is 4.16. The highest BCUT2D eigenvalue weighted by molar-refractivity contribution is 7.18. The van der Waals surface area contributed by atoms with Crippen LogP contribution in [-0.2, 0) is 4.79 Å². The average Bonchev–Trinajstić information content (AvgIpc) is 2.88. The van der Waals surface area contributed by atoms with Gasteiger partial charge < -0.3 is 10.6 Å². The van der Waals surface area contributed by atoms with Gasteiger partial charge in [0.2, 0.25) is 5.91 Å². The molecule has 26 heavy (non-hydrogen) atoms. The van der Waals surface area contributed by atoms with Gasteiger partial charge in [-0.3, -0.25) is 9.78 Å². The number of aromatic nitrogens is 3. The van der Waals surface area contributed by atoms with Crippen LogP contribution in [0, 0.1) is 19.8 Å². The van der Waals surface area contributed by atoms with E-state index in [2.05, 4.69) is 32.7 Å². The number of carbonyl (C=O) groups excluding carboxylic acids is 1. The summed E-state index contributed by atoms with van der Waals surface area (Å²) >= 11 is 1.64. The van der Waals surface area contributed by atoms with Crippen LogP contribution in [-0.4, -0.2) is 33.9 Å². The number of amides is 1. The Kier molecular flexibility index (Phi) is 5.18. The number of hydrogen-bond donors (Lipinski definition) is 1. The molecule has 1 amide bonds. The maximum absolute atomic E-state index is 11.7. The lowest BCUT2D eigenvalue weighted by atomic mass is 10.1. The SMILES string of the molecule is Cc1sc2nc(-c3cccnc3)nc(N(CC(N)=O)CC(C)C)c2c1C. The molecule has 0 aromatic carbocycles. The molecule has 0 atom stereocenters. The van der Waals surface area contributed by atoms with Gasteiger partial charge in [0.1, 0.15) is 10.6 Å². The normalized spacial score (nSPS) is 11.3. The van der Waals surface area contributed by atoms with Gasteiger partial charge in [-0.2, -0.15) is 0 Å².